The zero-order valence-corrected chi connectivity index (χ0v) is 10.1. The largest absolute Gasteiger partial charge is 0.477 e. The van der Waals surface area contributed by atoms with E-state index in [1.165, 1.54) is 6.07 Å². The Morgan fingerprint density at radius 2 is 2.25 bits per heavy atom. The first-order valence-electron chi connectivity index (χ1n) is 4.88. The van der Waals surface area contributed by atoms with Crippen LogP contribution in [0.1, 0.15) is 16.1 Å². The van der Waals surface area contributed by atoms with Gasteiger partial charge in [0.1, 0.15) is 4.88 Å². The molecule has 2 N–H and O–H groups in total. The van der Waals surface area contributed by atoms with Crippen LogP contribution in [0.25, 0.3) is 0 Å². The molecule has 16 heavy (non-hydrogen) atoms. The lowest BCUT2D eigenvalue weighted by atomic mass is 10.1. The molecule has 0 saturated carbocycles. The number of thiophene rings is 1. The van der Waals surface area contributed by atoms with Crippen LogP contribution in [0, 0.1) is 5.92 Å². The average Bonchev–Trinajstić information content (AvgIpc) is 2.87. The molecular weight excluding hydrogens is 246 g/mol. The third-order valence-corrected chi connectivity index (χ3v) is 4.51. The number of carboxylic acids is 1. The fraction of sp³-hybridized carbons (Fsp3) is 0.400. The fourth-order valence-corrected chi connectivity index (χ4v) is 3.45. The van der Waals surface area contributed by atoms with Crippen molar-refractivity contribution in [2.45, 2.75) is 6.42 Å². The van der Waals surface area contributed by atoms with Gasteiger partial charge in [-0.15, -0.1) is 11.3 Å². The third kappa shape index (κ3) is 2.56. The van der Waals surface area contributed by atoms with Crippen molar-refractivity contribution >= 4 is 40.0 Å². The summed E-state index contributed by atoms with van der Waals surface area (Å²) in [5.41, 5.74) is 0. The van der Waals surface area contributed by atoms with Crippen molar-refractivity contribution in [2.24, 2.45) is 5.92 Å². The van der Waals surface area contributed by atoms with E-state index >= 15 is 0 Å². The number of rotatable bonds is 3. The van der Waals surface area contributed by atoms with Crippen LogP contribution >= 0.6 is 23.1 Å². The first kappa shape index (κ1) is 11.5. The first-order valence-corrected chi connectivity index (χ1v) is 6.85. The number of hydrogen-bond acceptors (Lipinski definition) is 4. The van der Waals surface area contributed by atoms with Gasteiger partial charge in [0, 0.05) is 11.7 Å². The second-order valence-corrected chi connectivity index (χ2v) is 5.75. The van der Waals surface area contributed by atoms with Gasteiger partial charge in [-0.05, 0) is 24.3 Å². The molecule has 1 aromatic rings. The van der Waals surface area contributed by atoms with Crippen LogP contribution in [0.5, 0.6) is 0 Å². The van der Waals surface area contributed by atoms with Gasteiger partial charge in [-0.2, -0.15) is 11.8 Å². The van der Waals surface area contributed by atoms with E-state index in [1.54, 1.807) is 17.8 Å². The number of carboxylic acid groups (broad SMARTS) is 1. The number of hydrogen-bond donors (Lipinski definition) is 2. The van der Waals surface area contributed by atoms with Crippen molar-refractivity contribution < 1.29 is 14.7 Å². The molecule has 0 aliphatic carbocycles. The van der Waals surface area contributed by atoms with Crippen molar-refractivity contribution in [3.8, 4) is 0 Å². The summed E-state index contributed by atoms with van der Waals surface area (Å²) in [7, 11) is 0. The van der Waals surface area contributed by atoms with E-state index in [-0.39, 0.29) is 16.7 Å². The van der Waals surface area contributed by atoms with Gasteiger partial charge < -0.3 is 10.4 Å². The van der Waals surface area contributed by atoms with E-state index in [0.29, 0.717) is 5.00 Å². The summed E-state index contributed by atoms with van der Waals surface area (Å²) in [6, 6.07) is 3.14. The Labute approximate surface area is 101 Å². The van der Waals surface area contributed by atoms with Gasteiger partial charge in [-0.3, -0.25) is 4.79 Å². The van der Waals surface area contributed by atoms with Crippen LogP contribution < -0.4 is 5.32 Å². The lowest BCUT2D eigenvalue weighted by molar-refractivity contribution is -0.119. The minimum atomic E-state index is -0.957. The predicted molar refractivity (Wildman–Crippen MR) is 65.3 cm³/mol. The molecule has 1 unspecified atom stereocenters. The van der Waals surface area contributed by atoms with Gasteiger partial charge in [-0.25, -0.2) is 4.79 Å². The van der Waals surface area contributed by atoms with Crippen molar-refractivity contribution in [3.05, 3.63) is 17.0 Å². The molecule has 2 rings (SSSR count). The molecule has 1 amide bonds. The Balaban J connectivity index is 1.97. The quantitative estimate of drug-likeness (QED) is 0.870. The maximum Gasteiger partial charge on any atom is 0.345 e. The van der Waals surface area contributed by atoms with Gasteiger partial charge in [0.25, 0.3) is 0 Å². The van der Waals surface area contributed by atoms with Crippen LogP contribution in [0.4, 0.5) is 5.00 Å². The lowest BCUT2D eigenvalue weighted by Gasteiger charge is -2.07. The Morgan fingerprint density at radius 1 is 1.44 bits per heavy atom. The lowest BCUT2D eigenvalue weighted by Crippen LogP contribution is -2.21. The van der Waals surface area contributed by atoms with Gasteiger partial charge in [0.15, 0.2) is 0 Å². The summed E-state index contributed by atoms with van der Waals surface area (Å²) in [6.45, 7) is 0. The molecule has 4 nitrogen and oxygen atoms in total. The third-order valence-electron chi connectivity index (χ3n) is 2.36. The summed E-state index contributed by atoms with van der Waals surface area (Å²) >= 11 is 2.87. The highest BCUT2D eigenvalue weighted by Crippen LogP contribution is 2.27. The molecular formula is C10H11NO3S2. The summed E-state index contributed by atoms with van der Waals surface area (Å²) < 4.78 is 0. The van der Waals surface area contributed by atoms with Gasteiger partial charge in [0.05, 0.1) is 5.00 Å². The van der Waals surface area contributed by atoms with Crippen molar-refractivity contribution in [2.75, 3.05) is 16.8 Å². The topological polar surface area (TPSA) is 66.4 Å². The average molecular weight is 257 g/mol. The fourth-order valence-electron chi connectivity index (χ4n) is 1.48. The molecule has 0 aromatic carbocycles. The Bertz CT molecular complexity index is 410. The maximum absolute atomic E-state index is 11.7. The second kappa shape index (κ2) is 4.88. The Morgan fingerprint density at radius 3 is 2.81 bits per heavy atom. The molecule has 1 aromatic heterocycles. The van der Waals surface area contributed by atoms with Crippen molar-refractivity contribution in [1.29, 1.82) is 0 Å². The smallest absolute Gasteiger partial charge is 0.345 e. The number of aromatic carboxylic acids is 1. The molecule has 2 heterocycles. The SMILES string of the molecule is O=C(O)c1ccc(NC(=O)C2CCSC2)s1. The highest BCUT2D eigenvalue weighted by Gasteiger charge is 2.23. The van der Waals surface area contributed by atoms with Crippen LogP contribution in [-0.2, 0) is 4.79 Å². The first-order chi connectivity index (χ1) is 7.66. The van der Waals surface area contributed by atoms with Crippen molar-refractivity contribution in [1.82, 2.24) is 0 Å². The molecule has 6 heteroatoms. The normalized spacial score (nSPS) is 19.6. The number of amides is 1. The highest BCUT2D eigenvalue weighted by atomic mass is 32.2. The van der Waals surface area contributed by atoms with Gasteiger partial charge in [-0.1, -0.05) is 0 Å². The van der Waals surface area contributed by atoms with Gasteiger partial charge >= 0.3 is 5.97 Å². The van der Waals surface area contributed by atoms with Gasteiger partial charge in [0.2, 0.25) is 5.91 Å². The molecule has 1 aliphatic heterocycles. The van der Waals surface area contributed by atoms with Crippen LogP contribution in [-0.4, -0.2) is 28.5 Å². The molecule has 1 fully saturated rings. The molecule has 0 spiro atoms. The van der Waals surface area contributed by atoms with E-state index in [9.17, 15) is 9.59 Å². The van der Waals surface area contributed by atoms with E-state index in [2.05, 4.69) is 5.32 Å². The highest BCUT2D eigenvalue weighted by molar-refractivity contribution is 7.99. The second-order valence-electron chi connectivity index (χ2n) is 3.52. The molecule has 1 atom stereocenters. The molecule has 1 aliphatic rings. The predicted octanol–water partition coefficient (Wildman–Crippen LogP) is 2.14. The van der Waals surface area contributed by atoms with E-state index in [1.807, 2.05) is 0 Å². The zero-order valence-electron chi connectivity index (χ0n) is 8.43. The summed E-state index contributed by atoms with van der Waals surface area (Å²) in [5.74, 6) is 1.01. The molecule has 86 valence electrons. The zero-order chi connectivity index (χ0) is 11.5. The van der Waals surface area contributed by atoms with Crippen LogP contribution in [0.2, 0.25) is 0 Å². The minimum absolute atomic E-state index is 0.00351. The van der Waals surface area contributed by atoms with E-state index in [4.69, 9.17) is 5.11 Å². The standard InChI is InChI=1S/C10H11NO3S2/c12-9(6-3-4-15-5-6)11-8-2-1-7(16-8)10(13)14/h1-2,6H,3-5H2,(H,11,12)(H,13,14). The number of nitrogens with one attached hydrogen (secondary N) is 1. The summed E-state index contributed by atoms with van der Waals surface area (Å²) in [5, 5.41) is 12.1. The molecule has 0 bridgehead atoms. The maximum atomic E-state index is 11.7. The monoisotopic (exact) mass is 257 g/mol. The van der Waals surface area contributed by atoms with Crippen LogP contribution in [0.15, 0.2) is 12.1 Å². The number of anilines is 1. The number of carbonyl (C=O) groups is 2. The van der Waals surface area contributed by atoms with Crippen LogP contribution in [0.3, 0.4) is 0 Å². The number of thioether (sulfide) groups is 1. The summed E-state index contributed by atoms with van der Waals surface area (Å²) in [4.78, 5) is 22.6. The summed E-state index contributed by atoms with van der Waals surface area (Å²) in [6.07, 6.45) is 0.910. The number of carbonyl (C=O) groups excluding carboxylic acids is 1. The Hall–Kier alpha value is -1.01. The van der Waals surface area contributed by atoms with E-state index < -0.39 is 5.97 Å². The molecule has 1 saturated heterocycles. The van der Waals surface area contributed by atoms with Crippen molar-refractivity contribution in [3.63, 3.8) is 0 Å². The van der Waals surface area contributed by atoms with E-state index in [0.717, 1.165) is 29.3 Å². The Kier molecular flexibility index (Phi) is 3.50. The molecule has 0 radical (unpaired) electrons. The minimum Gasteiger partial charge on any atom is -0.477 e.